The highest BCUT2D eigenvalue weighted by Gasteiger charge is 2.68. The Kier molecular flexibility index (Phi) is 6.29. The van der Waals surface area contributed by atoms with Gasteiger partial charge in [0.1, 0.15) is 11.4 Å². The molecule has 44 heavy (non-hydrogen) atoms. The van der Waals surface area contributed by atoms with Gasteiger partial charge in [-0.2, -0.15) is 10.1 Å². The van der Waals surface area contributed by atoms with Gasteiger partial charge in [0.2, 0.25) is 0 Å². The van der Waals surface area contributed by atoms with Crippen molar-refractivity contribution in [1.29, 1.82) is 0 Å². The highest BCUT2D eigenvalue weighted by molar-refractivity contribution is 7.99. The number of nitrogens with zero attached hydrogens (tertiary/aromatic N) is 4. The molecule has 228 valence electrons. The first kappa shape index (κ1) is 28.2. The average molecular weight is 615 g/mol. The van der Waals surface area contributed by atoms with Crippen LogP contribution in [-0.2, 0) is 11.2 Å². The van der Waals surface area contributed by atoms with E-state index in [0.29, 0.717) is 29.3 Å². The van der Waals surface area contributed by atoms with Crippen LogP contribution in [0.3, 0.4) is 0 Å². The SMILES string of the molecule is C[C@]12Cc3cnn(-c4ccc(F)cc4)c3C=C1CC[C@@H]1[C@@H]2[C@@H](O)C[C@@]2(C)[C@H]1CC[C@]2(O)C(=O)CSc1nc2ncccc2o1. The molecule has 0 amide bonds. The fourth-order valence-electron chi connectivity index (χ4n) is 9.49. The molecular weight excluding hydrogens is 579 g/mol. The number of thioether (sulfide) groups is 1. The van der Waals surface area contributed by atoms with Crippen LogP contribution < -0.4 is 0 Å². The summed E-state index contributed by atoms with van der Waals surface area (Å²) in [5, 5.41) is 29.1. The quantitative estimate of drug-likeness (QED) is 0.272. The standard InChI is InChI=1S/C34H35FN4O4S/c1-32-15-19-17-37-39(22-8-6-21(35)7-9-22)25(19)14-20(32)5-10-23-24-11-12-34(42,33(24,2)16-26(40)29(23)32)28(41)18-44-31-38-30-27(43-31)4-3-13-36-30/h3-4,6-9,13-14,17,23-24,26,29,40,42H,5,10-12,15-16,18H2,1-2H3/t23-,24-,26-,29+,32-,33-,34-/m0/s1. The molecule has 2 N–H and O–H groups in total. The first-order valence-corrected chi connectivity index (χ1v) is 16.4. The summed E-state index contributed by atoms with van der Waals surface area (Å²) in [6.45, 7) is 4.30. The molecule has 1 aromatic carbocycles. The van der Waals surface area contributed by atoms with Gasteiger partial charge in [-0.3, -0.25) is 4.79 Å². The number of hydrogen-bond donors (Lipinski definition) is 2. The summed E-state index contributed by atoms with van der Waals surface area (Å²) in [5.41, 5.74) is 2.82. The first-order valence-electron chi connectivity index (χ1n) is 15.4. The van der Waals surface area contributed by atoms with E-state index in [1.807, 2.05) is 17.8 Å². The summed E-state index contributed by atoms with van der Waals surface area (Å²) in [6.07, 6.45) is 9.20. The van der Waals surface area contributed by atoms with Crippen LogP contribution >= 0.6 is 11.8 Å². The van der Waals surface area contributed by atoms with Gasteiger partial charge in [-0.1, -0.05) is 31.2 Å². The lowest BCUT2D eigenvalue weighted by molar-refractivity contribution is -0.177. The van der Waals surface area contributed by atoms with Crippen molar-refractivity contribution in [2.75, 3.05) is 5.75 Å². The zero-order valence-electron chi connectivity index (χ0n) is 24.7. The van der Waals surface area contributed by atoms with E-state index < -0.39 is 17.1 Å². The fourth-order valence-corrected chi connectivity index (χ4v) is 10.3. The van der Waals surface area contributed by atoms with Gasteiger partial charge in [0.05, 0.1) is 29.4 Å². The van der Waals surface area contributed by atoms with E-state index in [0.717, 1.165) is 42.6 Å². The monoisotopic (exact) mass is 614 g/mol. The lowest BCUT2D eigenvalue weighted by atomic mass is 9.45. The van der Waals surface area contributed by atoms with Crippen molar-refractivity contribution in [2.45, 2.75) is 69.3 Å². The smallest absolute Gasteiger partial charge is 0.258 e. The number of aliphatic hydroxyl groups is 2. The number of aromatic nitrogens is 4. The number of rotatable bonds is 5. The Bertz CT molecular complexity index is 1790. The molecule has 4 aliphatic rings. The Hall–Kier alpha value is -3.34. The highest BCUT2D eigenvalue weighted by atomic mass is 32.2. The van der Waals surface area contributed by atoms with Crippen LogP contribution in [0.15, 0.2) is 64.0 Å². The van der Waals surface area contributed by atoms with Crippen LogP contribution in [0.1, 0.15) is 57.2 Å². The lowest BCUT2D eigenvalue weighted by Crippen LogP contribution is -2.62. The van der Waals surface area contributed by atoms with Gasteiger partial charge in [0.15, 0.2) is 17.0 Å². The van der Waals surface area contributed by atoms with E-state index in [-0.39, 0.29) is 40.5 Å². The van der Waals surface area contributed by atoms with E-state index in [1.54, 1.807) is 30.5 Å². The fraction of sp³-hybridized carbons (Fsp3) is 0.471. The summed E-state index contributed by atoms with van der Waals surface area (Å²) in [7, 11) is 0. The van der Waals surface area contributed by atoms with Crippen molar-refractivity contribution >= 4 is 34.9 Å². The maximum absolute atomic E-state index is 13.8. The molecule has 3 fully saturated rings. The minimum Gasteiger partial charge on any atom is -0.430 e. The van der Waals surface area contributed by atoms with Gasteiger partial charge < -0.3 is 14.6 Å². The molecule has 10 heteroatoms. The molecule has 4 aromatic rings. The first-order chi connectivity index (χ1) is 21.1. The summed E-state index contributed by atoms with van der Waals surface area (Å²) in [6, 6.07) is 9.93. The molecular formula is C34H35FN4O4S. The van der Waals surface area contributed by atoms with Gasteiger partial charge in [-0.05, 0) is 110 Å². The number of hydrogen-bond acceptors (Lipinski definition) is 8. The van der Waals surface area contributed by atoms with Gasteiger partial charge in [0, 0.05) is 11.6 Å². The zero-order chi connectivity index (χ0) is 30.4. The predicted octanol–water partition coefficient (Wildman–Crippen LogP) is 5.79. The number of allylic oxidation sites excluding steroid dienone is 1. The van der Waals surface area contributed by atoms with E-state index in [1.165, 1.54) is 29.5 Å². The highest BCUT2D eigenvalue weighted by Crippen LogP contribution is 2.67. The van der Waals surface area contributed by atoms with Gasteiger partial charge in [0.25, 0.3) is 5.22 Å². The molecule has 3 aromatic heterocycles. The van der Waals surface area contributed by atoms with Crippen molar-refractivity contribution in [3.8, 4) is 5.69 Å². The number of benzene rings is 1. The average Bonchev–Trinajstić information content (AvgIpc) is 3.68. The summed E-state index contributed by atoms with van der Waals surface area (Å²) < 4.78 is 21.2. The van der Waals surface area contributed by atoms with Crippen molar-refractivity contribution in [1.82, 2.24) is 19.7 Å². The number of Topliss-reactive ketones (excluding diaryl/α,β-unsaturated/α-hetero) is 1. The van der Waals surface area contributed by atoms with Crippen LogP contribution in [0, 0.1) is 34.4 Å². The summed E-state index contributed by atoms with van der Waals surface area (Å²) in [5.74, 6) is -0.130. The molecule has 8 rings (SSSR count). The number of halogens is 1. The lowest BCUT2D eigenvalue weighted by Gasteiger charge is -2.60. The minimum absolute atomic E-state index is 0.0157. The predicted molar refractivity (Wildman–Crippen MR) is 163 cm³/mol. The molecule has 3 saturated carbocycles. The van der Waals surface area contributed by atoms with Crippen LogP contribution in [0.4, 0.5) is 4.39 Å². The molecule has 0 spiro atoms. The van der Waals surface area contributed by atoms with Crippen LogP contribution in [0.5, 0.6) is 0 Å². The largest absolute Gasteiger partial charge is 0.430 e. The van der Waals surface area contributed by atoms with E-state index in [4.69, 9.17) is 4.42 Å². The van der Waals surface area contributed by atoms with E-state index in [2.05, 4.69) is 28.1 Å². The number of fused-ring (bicyclic) bond motifs is 7. The molecule has 0 saturated heterocycles. The number of carbonyl (C=O) groups excluding carboxylic acids is 1. The van der Waals surface area contributed by atoms with E-state index in [9.17, 15) is 19.4 Å². The topological polar surface area (TPSA) is 114 Å². The number of aliphatic hydroxyl groups excluding tert-OH is 1. The van der Waals surface area contributed by atoms with Crippen LogP contribution in [0.2, 0.25) is 0 Å². The summed E-state index contributed by atoms with van der Waals surface area (Å²) in [4.78, 5) is 22.3. The van der Waals surface area contributed by atoms with Crippen LogP contribution in [0.25, 0.3) is 23.0 Å². The molecule has 0 bridgehead atoms. The molecule has 0 radical (unpaired) electrons. The third-order valence-corrected chi connectivity index (χ3v) is 12.4. The second-order valence-electron chi connectivity index (χ2n) is 13.6. The number of oxazole rings is 1. The van der Waals surface area contributed by atoms with Gasteiger partial charge in [-0.25, -0.2) is 14.1 Å². The maximum Gasteiger partial charge on any atom is 0.258 e. The van der Waals surface area contributed by atoms with Gasteiger partial charge >= 0.3 is 0 Å². The zero-order valence-corrected chi connectivity index (χ0v) is 25.6. The molecule has 0 unspecified atom stereocenters. The number of ketones is 1. The minimum atomic E-state index is -1.52. The Balaban J connectivity index is 1.05. The Morgan fingerprint density at radius 1 is 1.20 bits per heavy atom. The second kappa shape index (κ2) is 9.83. The van der Waals surface area contributed by atoms with Crippen molar-refractivity contribution in [3.63, 3.8) is 0 Å². The normalized spacial score (nSPS) is 34.2. The van der Waals surface area contributed by atoms with Crippen LogP contribution in [-0.4, -0.2) is 53.2 Å². The van der Waals surface area contributed by atoms with Crippen molar-refractivity contribution in [2.24, 2.45) is 28.6 Å². The number of pyridine rings is 1. The van der Waals surface area contributed by atoms with Gasteiger partial charge in [-0.15, -0.1) is 0 Å². The molecule has 4 aliphatic carbocycles. The molecule has 3 heterocycles. The summed E-state index contributed by atoms with van der Waals surface area (Å²) >= 11 is 1.19. The molecule has 7 atom stereocenters. The third kappa shape index (κ3) is 3.96. The maximum atomic E-state index is 13.8. The molecule has 8 nitrogen and oxygen atoms in total. The number of carbonyl (C=O) groups is 1. The Labute approximate surface area is 258 Å². The van der Waals surface area contributed by atoms with Crippen molar-refractivity contribution in [3.05, 3.63) is 71.4 Å². The Morgan fingerprint density at radius 3 is 2.82 bits per heavy atom. The third-order valence-electron chi connectivity index (χ3n) is 11.6. The second-order valence-corrected chi connectivity index (χ2v) is 14.6. The Morgan fingerprint density at radius 2 is 2.02 bits per heavy atom. The molecule has 0 aliphatic heterocycles. The van der Waals surface area contributed by atoms with Crippen molar-refractivity contribution < 1.29 is 23.8 Å². The van der Waals surface area contributed by atoms with E-state index >= 15 is 0 Å².